The molecule has 0 aromatic heterocycles. The van der Waals surface area contributed by atoms with Gasteiger partial charge in [-0.1, -0.05) is 36.4 Å². The molecule has 0 amide bonds. The average molecular weight is 261 g/mol. The fraction of sp³-hybridized carbons (Fsp3) is 0.500. The fourth-order valence-electron chi connectivity index (χ4n) is 2.68. The first-order chi connectivity index (χ1) is 9.27. The maximum atomic E-state index is 10.2. The Morgan fingerprint density at radius 1 is 1.42 bits per heavy atom. The van der Waals surface area contributed by atoms with Gasteiger partial charge < -0.3 is 15.2 Å². The van der Waals surface area contributed by atoms with Crippen LogP contribution in [0.15, 0.2) is 43.0 Å². The molecule has 1 aromatic carbocycles. The molecular weight excluding hydrogens is 238 g/mol. The molecule has 0 heterocycles. The normalized spacial score (nSPS) is 26.5. The SMILES string of the molecule is C=CCN[C@@]1(COCc2ccccc2)CCC[C@H]1O. The standard InChI is InChI=1S/C16H23NO2/c1-2-11-17-16(10-6-9-15(16)18)13-19-12-14-7-4-3-5-8-14/h2-5,7-8,15,17-18H,1,6,9-13H2/t15-,16-/m1/s1. The average Bonchev–Trinajstić information content (AvgIpc) is 2.80. The smallest absolute Gasteiger partial charge is 0.0744 e. The Labute approximate surface area is 115 Å². The Morgan fingerprint density at radius 2 is 2.21 bits per heavy atom. The fourth-order valence-corrected chi connectivity index (χ4v) is 2.68. The van der Waals surface area contributed by atoms with Crippen LogP contribution < -0.4 is 5.32 Å². The van der Waals surface area contributed by atoms with Crippen molar-refractivity contribution in [1.29, 1.82) is 0 Å². The van der Waals surface area contributed by atoms with E-state index >= 15 is 0 Å². The summed E-state index contributed by atoms with van der Waals surface area (Å²) >= 11 is 0. The van der Waals surface area contributed by atoms with Gasteiger partial charge in [-0.15, -0.1) is 6.58 Å². The summed E-state index contributed by atoms with van der Waals surface area (Å²) in [6.45, 7) is 5.55. The molecular formula is C16H23NO2. The third kappa shape index (κ3) is 3.66. The van der Waals surface area contributed by atoms with Crippen LogP contribution in [0.25, 0.3) is 0 Å². The summed E-state index contributed by atoms with van der Waals surface area (Å²) in [4.78, 5) is 0. The van der Waals surface area contributed by atoms with Gasteiger partial charge in [-0.05, 0) is 24.8 Å². The molecule has 1 fully saturated rings. The number of hydrogen-bond acceptors (Lipinski definition) is 3. The summed E-state index contributed by atoms with van der Waals surface area (Å²) in [7, 11) is 0. The van der Waals surface area contributed by atoms with Crippen molar-refractivity contribution < 1.29 is 9.84 Å². The molecule has 0 unspecified atom stereocenters. The quantitative estimate of drug-likeness (QED) is 0.740. The highest BCUT2D eigenvalue weighted by Gasteiger charge is 2.41. The molecule has 3 nitrogen and oxygen atoms in total. The summed E-state index contributed by atoms with van der Waals surface area (Å²) in [6.07, 6.45) is 4.34. The summed E-state index contributed by atoms with van der Waals surface area (Å²) in [5.41, 5.74) is 0.858. The van der Waals surface area contributed by atoms with Crippen molar-refractivity contribution in [3.8, 4) is 0 Å². The zero-order chi connectivity index (χ0) is 13.6. The van der Waals surface area contributed by atoms with Crippen LogP contribution in [-0.2, 0) is 11.3 Å². The molecule has 0 spiro atoms. The molecule has 0 bridgehead atoms. The monoisotopic (exact) mass is 261 g/mol. The number of aliphatic hydroxyl groups is 1. The second-order valence-corrected chi connectivity index (χ2v) is 5.21. The first-order valence-corrected chi connectivity index (χ1v) is 6.92. The van der Waals surface area contributed by atoms with Crippen molar-refractivity contribution in [3.63, 3.8) is 0 Å². The number of benzene rings is 1. The highest BCUT2D eigenvalue weighted by Crippen LogP contribution is 2.30. The van der Waals surface area contributed by atoms with Gasteiger partial charge >= 0.3 is 0 Å². The first-order valence-electron chi connectivity index (χ1n) is 6.92. The lowest BCUT2D eigenvalue weighted by Gasteiger charge is -2.33. The van der Waals surface area contributed by atoms with E-state index in [2.05, 4.69) is 24.0 Å². The third-order valence-electron chi connectivity index (χ3n) is 3.81. The van der Waals surface area contributed by atoms with E-state index in [9.17, 15) is 5.11 Å². The zero-order valence-corrected chi connectivity index (χ0v) is 11.3. The molecule has 3 heteroatoms. The largest absolute Gasteiger partial charge is 0.391 e. The number of aliphatic hydroxyl groups excluding tert-OH is 1. The molecule has 1 aromatic rings. The maximum Gasteiger partial charge on any atom is 0.0744 e. The van der Waals surface area contributed by atoms with E-state index in [1.807, 2.05) is 24.3 Å². The van der Waals surface area contributed by atoms with Gasteiger partial charge in [-0.2, -0.15) is 0 Å². The lowest BCUT2D eigenvalue weighted by atomic mass is 9.96. The van der Waals surface area contributed by atoms with Gasteiger partial charge in [0.1, 0.15) is 0 Å². The highest BCUT2D eigenvalue weighted by atomic mass is 16.5. The highest BCUT2D eigenvalue weighted by molar-refractivity contribution is 5.13. The lowest BCUT2D eigenvalue weighted by Crippen LogP contribution is -2.54. The zero-order valence-electron chi connectivity index (χ0n) is 11.3. The first kappa shape index (κ1) is 14.3. The molecule has 0 aliphatic heterocycles. The van der Waals surface area contributed by atoms with Crippen molar-refractivity contribution in [2.75, 3.05) is 13.2 Å². The molecule has 19 heavy (non-hydrogen) atoms. The molecule has 1 saturated carbocycles. The van der Waals surface area contributed by atoms with Crippen molar-refractivity contribution in [3.05, 3.63) is 48.6 Å². The van der Waals surface area contributed by atoms with E-state index < -0.39 is 0 Å². The minimum absolute atomic E-state index is 0.303. The van der Waals surface area contributed by atoms with Gasteiger partial charge in [0, 0.05) is 6.54 Å². The number of ether oxygens (including phenoxy) is 1. The van der Waals surface area contributed by atoms with Crippen LogP contribution >= 0.6 is 0 Å². The summed E-state index contributed by atoms with van der Waals surface area (Å²) < 4.78 is 5.82. The van der Waals surface area contributed by atoms with Crippen molar-refractivity contribution in [2.45, 2.75) is 37.5 Å². The van der Waals surface area contributed by atoms with Crippen molar-refractivity contribution in [2.24, 2.45) is 0 Å². The van der Waals surface area contributed by atoms with E-state index in [-0.39, 0.29) is 11.6 Å². The molecule has 2 N–H and O–H groups in total. The van der Waals surface area contributed by atoms with Crippen LogP contribution in [0.1, 0.15) is 24.8 Å². The molecule has 0 radical (unpaired) electrons. The van der Waals surface area contributed by atoms with Crippen LogP contribution in [0.2, 0.25) is 0 Å². The lowest BCUT2D eigenvalue weighted by molar-refractivity contribution is 0.000638. The van der Waals surface area contributed by atoms with Gasteiger partial charge in [-0.3, -0.25) is 0 Å². The van der Waals surface area contributed by atoms with E-state index in [0.29, 0.717) is 19.8 Å². The molecule has 104 valence electrons. The van der Waals surface area contributed by atoms with Gasteiger partial charge in [0.15, 0.2) is 0 Å². The third-order valence-corrected chi connectivity index (χ3v) is 3.81. The Hall–Kier alpha value is -1.16. The summed E-state index contributed by atoms with van der Waals surface area (Å²) in [5, 5.41) is 13.6. The van der Waals surface area contributed by atoms with E-state index in [0.717, 1.165) is 24.8 Å². The van der Waals surface area contributed by atoms with Crippen molar-refractivity contribution in [1.82, 2.24) is 5.32 Å². The minimum atomic E-state index is -0.330. The van der Waals surface area contributed by atoms with Crippen molar-refractivity contribution >= 4 is 0 Å². The second kappa shape index (κ2) is 6.85. The Balaban J connectivity index is 1.88. The molecule has 2 rings (SSSR count). The molecule has 2 atom stereocenters. The van der Waals surface area contributed by atoms with Crippen LogP contribution in [0.4, 0.5) is 0 Å². The van der Waals surface area contributed by atoms with Gasteiger partial charge in [-0.25, -0.2) is 0 Å². The molecule has 1 aliphatic carbocycles. The predicted molar refractivity (Wildman–Crippen MR) is 76.9 cm³/mol. The van der Waals surface area contributed by atoms with Crippen LogP contribution in [-0.4, -0.2) is 29.9 Å². The van der Waals surface area contributed by atoms with E-state index in [4.69, 9.17) is 4.74 Å². The predicted octanol–water partition coefficient (Wildman–Crippen LogP) is 2.26. The number of hydrogen-bond donors (Lipinski definition) is 2. The van der Waals surface area contributed by atoms with Gasteiger partial charge in [0.2, 0.25) is 0 Å². The second-order valence-electron chi connectivity index (χ2n) is 5.21. The number of nitrogens with one attached hydrogen (secondary N) is 1. The summed E-state index contributed by atoms with van der Waals surface area (Å²) in [6, 6.07) is 10.1. The van der Waals surface area contributed by atoms with Gasteiger partial charge in [0.05, 0.1) is 24.9 Å². The Kier molecular flexibility index (Phi) is 5.14. The van der Waals surface area contributed by atoms with E-state index in [1.54, 1.807) is 0 Å². The Morgan fingerprint density at radius 3 is 2.84 bits per heavy atom. The van der Waals surface area contributed by atoms with E-state index in [1.165, 1.54) is 0 Å². The van der Waals surface area contributed by atoms with Crippen LogP contribution in [0.3, 0.4) is 0 Å². The number of rotatable bonds is 7. The van der Waals surface area contributed by atoms with Gasteiger partial charge in [0.25, 0.3) is 0 Å². The maximum absolute atomic E-state index is 10.2. The Bertz CT molecular complexity index is 393. The molecule has 0 saturated heterocycles. The minimum Gasteiger partial charge on any atom is -0.391 e. The summed E-state index contributed by atoms with van der Waals surface area (Å²) in [5.74, 6) is 0. The van der Waals surface area contributed by atoms with Crippen LogP contribution in [0.5, 0.6) is 0 Å². The van der Waals surface area contributed by atoms with Crippen LogP contribution in [0, 0.1) is 0 Å². The molecule has 1 aliphatic rings. The topological polar surface area (TPSA) is 41.5 Å².